The van der Waals surface area contributed by atoms with Gasteiger partial charge in [-0.3, -0.25) is 14.2 Å². The van der Waals surface area contributed by atoms with Gasteiger partial charge in [-0.25, -0.2) is 0 Å². The van der Waals surface area contributed by atoms with Crippen LogP contribution >= 0.6 is 23.4 Å². The van der Waals surface area contributed by atoms with Crippen molar-refractivity contribution in [1.29, 1.82) is 0 Å². The molecule has 1 saturated carbocycles. The molecule has 2 aromatic carbocycles. The Bertz CT molecular complexity index is 1190. The third kappa shape index (κ3) is 4.91. The molecule has 170 valence electrons. The predicted octanol–water partition coefficient (Wildman–Crippen LogP) is 4.95. The third-order valence-corrected chi connectivity index (χ3v) is 6.98. The highest BCUT2D eigenvalue weighted by atomic mass is 35.5. The molecule has 0 atom stereocenters. The Labute approximate surface area is 201 Å². The maximum Gasteiger partial charge on any atom is 0.227 e. The fourth-order valence-electron chi connectivity index (χ4n) is 3.89. The van der Waals surface area contributed by atoms with Crippen LogP contribution in [0.3, 0.4) is 0 Å². The zero-order valence-corrected chi connectivity index (χ0v) is 19.5. The number of nitrogens with zero attached hydrogens (tertiary/aromatic N) is 4. The van der Waals surface area contributed by atoms with E-state index >= 15 is 0 Å². The highest BCUT2D eigenvalue weighted by Crippen LogP contribution is 2.39. The van der Waals surface area contributed by atoms with Crippen molar-refractivity contribution >= 4 is 40.7 Å². The number of benzene rings is 2. The van der Waals surface area contributed by atoms with Crippen molar-refractivity contribution in [3.05, 3.63) is 64.9 Å². The van der Waals surface area contributed by atoms with Gasteiger partial charge in [0.15, 0.2) is 16.8 Å². The fraction of sp³-hybridized carbons (Fsp3) is 0.333. The monoisotopic (exact) mass is 482 g/mol. The van der Waals surface area contributed by atoms with E-state index in [0.717, 1.165) is 35.9 Å². The van der Waals surface area contributed by atoms with Gasteiger partial charge in [-0.05, 0) is 43.5 Å². The van der Waals surface area contributed by atoms with E-state index in [9.17, 15) is 9.59 Å². The molecule has 3 aromatic rings. The van der Waals surface area contributed by atoms with Crippen LogP contribution in [0.25, 0.3) is 0 Å². The number of anilines is 1. The summed E-state index contributed by atoms with van der Waals surface area (Å²) in [7, 11) is 0. The van der Waals surface area contributed by atoms with Gasteiger partial charge in [0.2, 0.25) is 5.91 Å². The lowest BCUT2D eigenvalue weighted by Gasteiger charge is -2.16. The van der Waals surface area contributed by atoms with Gasteiger partial charge in [-0.2, -0.15) is 0 Å². The van der Waals surface area contributed by atoms with E-state index in [-0.39, 0.29) is 24.1 Å². The number of amides is 1. The Morgan fingerprint density at radius 2 is 2.00 bits per heavy atom. The van der Waals surface area contributed by atoms with Crippen LogP contribution in [0.5, 0.6) is 5.75 Å². The van der Waals surface area contributed by atoms with Gasteiger partial charge in [-0.1, -0.05) is 47.6 Å². The largest absolute Gasteiger partial charge is 0.484 e. The molecule has 9 heteroatoms. The fourth-order valence-corrected chi connectivity index (χ4v) is 5.00. The number of para-hydroxylation sites is 1. The van der Waals surface area contributed by atoms with Crippen LogP contribution in [-0.4, -0.2) is 38.8 Å². The van der Waals surface area contributed by atoms with Crippen LogP contribution < -0.4 is 9.64 Å². The number of thioether (sulfide) groups is 1. The second-order valence-electron chi connectivity index (χ2n) is 8.13. The second-order valence-corrected chi connectivity index (χ2v) is 9.48. The average molecular weight is 483 g/mol. The highest BCUT2D eigenvalue weighted by Gasteiger charge is 2.30. The number of ether oxygens (including phenoxy) is 1. The maximum absolute atomic E-state index is 12.9. The summed E-state index contributed by atoms with van der Waals surface area (Å²) in [5.41, 5.74) is 1.38. The molecule has 2 fully saturated rings. The number of halogens is 1. The van der Waals surface area contributed by atoms with Crippen LogP contribution in [0.15, 0.2) is 53.7 Å². The van der Waals surface area contributed by atoms with Gasteiger partial charge in [0.1, 0.15) is 12.4 Å². The summed E-state index contributed by atoms with van der Waals surface area (Å²) in [5, 5.41) is 9.91. The first-order valence-electron chi connectivity index (χ1n) is 11.0. The Kier molecular flexibility index (Phi) is 6.37. The first-order chi connectivity index (χ1) is 16.1. The quantitative estimate of drug-likeness (QED) is 0.317. The molecule has 0 N–H and O–H groups in total. The summed E-state index contributed by atoms with van der Waals surface area (Å²) < 4.78 is 7.93. The van der Waals surface area contributed by atoms with E-state index in [2.05, 4.69) is 14.8 Å². The minimum atomic E-state index is -0.00675. The van der Waals surface area contributed by atoms with E-state index < -0.39 is 0 Å². The predicted molar refractivity (Wildman–Crippen MR) is 127 cm³/mol. The molecule has 2 aliphatic rings. The molecule has 0 radical (unpaired) electrons. The second kappa shape index (κ2) is 9.57. The number of ketones is 1. The molecule has 0 bridgehead atoms. The van der Waals surface area contributed by atoms with Gasteiger partial charge in [0.25, 0.3) is 0 Å². The summed E-state index contributed by atoms with van der Waals surface area (Å²) in [6, 6.07) is 15.0. The molecule has 33 heavy (non-hydrogen) atoms. The van der Waals surface area contributed by atoms with Crippen LogP contribution in [0.1, 0.15) is 47.9 Å². The van der Waals surface area contributed by atoms with Crippen molar-refractivity contribution in [1.82, 2.24) is 14.8 Å². The first-order valence-corrected chi connectivity index (χ1v) is 12.3. The first kappa shape index (κ1) is 22.0. The lowest BCUT2D eigenvalue weighted by Crippen LogP contribution is -2.23. The Morgan fingerprint density at radius 1 is 1.15 bits per heavy atom. The molecule has 1 aliphatic heterocycles. The number of Topliss-reactive ketones (excluding diaryl/α,β-unsaturated/α-hetero) is 1. The molecular formula is C24H23ClN4O3S. The van der Waals surface area contributed by atoms with Gasteiger partial charge < -0.3 is 9.64 Å². The normalized spacial score (nSPS) is 15.8. The lowest BCUT2D eigenvalue weighted by atomic mass is 10.1. The highest BCUT2D eigenvalue weighted by molar-refractivity contribution is 7.99. The number of hydrogen-bond donors (Lipinski definition) is 0. The van der Waals surface area contributed by atoms with E-state index in [1.54, 1.807) is 23.1 Å². The van der Waals surface area contributed by atoms with Crippen LogP contribution in [0.2, 0.25) is 5.02 Å². The molecular weight excluding hydrogens is 460 g/mol. The molecule has 1 aliphatic carbocycles. The van der Waals surface area contributed by atoms with Gasteiger partial charge in [0, 0.05) is 30.3 Å². The Hall–Kier alpha value is -2.84. The molecule has 5 rings (SSSR count). The van der Waals surface area contributed by atoms with Crippen molar-refractivity contribution in [3.63, 3.8) is 0 Å². The average Bonchev–Trinajstić information content (AvgIpc) is 3.44. The van der Waals surface area contributed by atoms with Crippen molar-refractivity contribution in [2.75, 3.05) is 17.2 Å². The minimum absolute atomic E-state index is 0.00675. The number of carbonyl (C=O) groups is 2. The summed E-state index contributed by atoms with van der Waals surface area (Å²) in [5.74, 6) is 1.67. The van der Waals surface area contributed by atoms with Gasteiger partial charge in [0.05, 0.1) is 10.8 Å². The summed E-state index contributed by atoms with van der Waals surface area (Å²) in [6.07, 6.45) is 3.54. The topological polar surface area (TPSA) is 77.3 Å². The van der Waals surface area contributed by atoms with E-state index in [4.69, 9.17) is 16.3 Å². The molecule has 0 spiro atoms. The Balaban J connectivity index is 1.26. The van der Waals surface area contributed by atoms with Crippen LogP contribution in [0.4, 0.5) is 5.69 Å². The molecule has 0 unspecified atom stereocenters. The van der Waals surface area contributed by atoms with Crippen LogP contribution in [0, 0.1) is 0 Å². The summed E-state index contributed by atoms with van der Waals surface area (Å²) in [6.45, 7) is 0.961. The SMILES string of the molecule is O=C(CSc1nnc(COc2ccccc2Cl)n1C1CC1)c1cccc(N2CCCC2=O)c1. The standard InChI is InChI=1S/C24H23ClN4O3S/c25-19-7-1-2-8-21(19)32-14-22-26-27-24(29(22)17-10-11-17)33-15-20(30)16-5-3-6-18(13-16)28-12-4-9-23(28)31/h1-3,5-8,13,17H,4,9-12,14-15H2. The molecule has 1 saturated heterocycles. The number of hydrogen-bond acceptors (Lipinski definition) is 6. The molecule has 1 aromatic heterocycles. The van der Waals surface area contributed by atoms with E-state index in [1.807, 2.05) is 30.3 Å². The maximum atomic E-state index is 12.9. The third-order valence-electron chi connectivity index (χ3n) is 5.73. The molecule has 2 heterocycles. The van der Waals surface area contributed by atoms with Gasteiger partial charge in [-0.15, -0.1) is 10.2 Å². The van der Waals surface area contributed by atoms with Crippen molar-refractivity contribution in [2.45, 2.75) is 43.5 Å². The van der Waals surface area contributed by atoms with Crippen molar-refractivity contribution in [3.8, 4) is 5.75 Å². The zero-order valence-electron chi connectivity index (χ0n) is 17.9. The van der Waals surface area contributed by atoms with Crippen molar-refractivity contribution < 1.29 is 14.3 Å². The zero-order chi connectivity index (χ0) is 22.8. The van der Waals surface area contributed by atoms with Crippen LogP contribution in [-0.2, 0) is 11.4 Å². The minimum Gasteiger partial charge on any atom is -0.484 e. The van der Waals surface area contributed by atoms with E-state index in [0.29, 0.717) is 35.3 Å². The summed E-state index contributed by atoms with van der Waals surface area (Å²) >= 11 is 7.56. The molecule has 1 amide bonds. The number of aromatic nitrogens is 3. The van der Waals surface area contributed by atoms with Crippen molar-refractivity contribution in [2.24, 2.45) is 0 Å². The van der Waals surface area contributed by atoms with E-state index in [1.165, 1.54) is 11.8 Å². The number of carbonyl (C=O) groups excluding carboxylic acids is 2. The summed E-state index contributed by atoms with van der Waals surface area (Å²) in [4.78, 5) is 26.7. The number of rotatable bonds is 9. The lowest BCUT2D eigenvalue weighted by molar-refractivity contribution is -0.117. The smallest absolute Gasteiger partial charge is 0.227 e. The Morgan fingerprint density at radius 3 is 2.76 bits per heavy atom. The molecule has 7 nitrogen and oxygen atoms in total. The van der Waals surface area contributed by atoms with Gasteiger partial charge >= 0.3 is 0 Å².